The van der Waals surface area contributed by atoms with E-state index >= 15 is 0 Å². The number of carbonyl (C=O) groups is 5. The summed E-state index contributed by atoms with van der Waals surface area (Å²) in [6.45, 7) is 16.7. The molecule has 13 atom stereocenters. The largest absolute Gasteiger partial charge is 0.459 e. The molecule has 344 valence electrons. The highest BCUT2D eigenvalue weighted by atomic mass is 32.2. The standard InChI is InChI=1S/C18H26O7.C13H20O5S.C13H20O4/c1-4-17(2,3)16(20)23-12-10-11(21-14(12)19)13-15(22-10)25-18(24-13)8-6-5-7-9-18;1-4-13(2,3)12(14)17-10-7-5-8-9(6-7)19(15,16)18-11(8)10;1-4-13(2,3)12(15)17-10-8-6-5-7-9(8)16-11(10)14/h10-13,15H,4-9H2,1-3H3;7-11H,4-6H2,1-3H3;8-10H,4-7H2,1-3H3. The fraction of sp³-hybridized carbons (Fsp3) is 0.886. The molecule has 0 aromatic rings. The van der Waals surface area contributed by atoms with Crippen molar-refractivity contribution in [2.24, 2.45) is 34.0 Å². The van der Waals surface area contributed by atoms with E-state index in [9.17, 15) is 32.4 Å². The van der Waals surface area contributed by atoms with E-state index in [1.807, 2.05) is 48.5 Å². The maximum Gasteiger partial charge on any atom is 0.350 e. The van der Waals surface area contributed by atoms with Gasteiger partial charge in [0.2, 0.25) is 12.2 Å². The second-order valence-electron chi connectivity index (χ2n) is 20.3. The van der Waals surface area contributed by atoms with Crippen LogP contribution in [0.4, 0.5) is 0 Å². The minimum absolute atomic E-state index is 0.0231. The molecule has 13 unspecified atom stereocenters. The van der Waals surface area contributed by atoms with Crippen molar-refractivity contribution in [1.82, 2.24) is 0 Å². The number of hydrogen-bond acceptors (Lipinski definition) is 16. The number of rotatable bonds is 9. The lowest BCUT2D eigenvalue weighted by Gasteiger charge is -2.33. The van der Waals surface area contributed by atoms with Gasteiger partial charge in [-0.25, -0.2) is 9.59 Å². The van der Waals surface area contributed by atoms with Gasteiger partial charge in [0, 0.05) is 30.6 Å². The van der Waals surface area contributed by atoms with Crippen molar-refractivity contribution in [3.8, 4) is 0 Å². The van der Waals surface area contributed by atoms with Crippen LogP contribution in [0, 0.1) is 34.0 Å². The molecule has 0 aromatic heterocycles. The summed E-state index contributed by atoms with van der Waals surface area (Å²) in [5, 5.41) is -0.364. The summed E-state index contributed by atoms with van der Waals surface area (Å²) < 4.78 is 74.0. The molecule has 0 N–H and O–H groups in total. The van der Waals surface area contributed by atoms with Gasteiger partial charge in [0.25, 0.3) is 10.1 Å². The van der Waals surface area contributed by atoms with Gasteiger partial charge >= 0.3 is 29.8 Å². The van der Waals surface area contributed by atoms with Crippen molar-refractivity contribution in [3.05, 3.63) is 0 Å². The molecule has 0 radical (unpaired) electrons. The van der Waals surface area contributed by atoms with Gasteiger partial charge in [-0.3, -0.25) is 18.6 Å². The van der Waals surface area contributed by atoms with E-state index in [0.717, 1.165) is 51.4 Å². The molecule has 5 heterocycles. The molecule has 5 aliphatic heterocycles. The minimum atomic E-state index is -3.43. The van der Waals surface area contributed by atoms with Gasteiger partial charge in [0.05, 0.1) is 21.5 Å². The first-order chi connectivity index (χ1) is 28.6. The van der Waals surface area contributed by atoms with Gasteiger partial charge in [-0.2, -0.15) is 8.42 Å². The van der Waals surface area contributed by atoms with E-state index in [-0.39, 0.29) is 53.1 Å². The first-order valence-electron chi connectivity index (χ1n) is 22.5. The Hall–Kier alpha value is -2.86. The summed E-state index contributed by atoms with van der Waals surface area (Å²) in [5.74, 6) is -2.26. The Morgan fingerprint density at radius 1 is 0.656 bits per heavy atom. The number of esters is 5. The lowest BCUT2D eigenvalue weighted by molar-refractivity contribution is -0.246. The zero-order valence-corrected chi connectivity index (χ0v) is 38.0. The van der Waals surface area contributed by atoms with Crippen molar-refractivity contribution < 1.29 is 74.5 Å². The Kier molecular flexibility index (Phi) is 12.8. The molecule has 17 heteroatoms. The van der Waals surface area contributed by atoms with Gasteiger partial charge in [-0.05, 0) is 106 Å². The first-order valence-corrected chi connectivity index (χ1v) is 24.0. The van der Waals surface area contributed by atoms with Crippen molar-refractivity contribution >= 4 is 40.0 Å². The molecule has 0 amide bonds. The van der Waals surface area contributed by atoms with E-state index in [4.69, 9.17) is 42.1 Å². The van der Waals surface area contributed by atoms with Crippen LogP contribution in [-0.4, -0.2) is 104 Å². The molecule has 9 fully saturated rings. The van der Waals surface area contributed by atoms with Crippen molar-refractivity contribution in [2.45, 2.75) is 212 Å². The van der Waals surface area contributed by atoms with Crippen molar-refractivity contribution in [3.63, 3.8) is 0 Å². The van der Waals surface area contributed by atoms with Gasteiger partial charge in [-0.15, -0.1) is 0 Å². The normalized spacial score (nSPS) is 38.3. The third-order valence-corrected chi connectivity index (χ3v) is 16.9. The summed E-state index contributed by atoms with van der Waals surface area (Å²) in [4.78, 5) is 60.3. The van der Waals surface area contributed by atoms with Gasteiger partial charge in [-0.1, -0.05) is 27.2 Å². The predicted octanol–water partition coefficient (Wildman–Crippen LogP) is 5.59. The van der Waals surface area contributed by atoms with E-state index in [2.05, 4.69) is 0 Å². The molecule has 4 saturated carbocycles. The summed E-state index contributed by atoms with van der Waals surface area (Å²) in [6, 6.07) is 0. The van der Waals surface area contributed by atoms with Gasteiger partial charge in [0.15, 0.2) is 24.3 Å². The quantitative estimate of drug-likeness (QED) is 0.157. The summed E-state index contributed by atoms with van der Waals surface area (Å²) in [6.07, 6.45) is 6.38. The van der Waals surface area contributed by atoms with Crippen LogP contribution < -0.4 is 0 Å². The molecule has 0 aromatic carbocycles. The monoisotopic (exact) mass is 882 g/mol. The molecule has 61 heavy (non-hydrogen) atoms. The third-order valence-electron chi connectivity index (χ3n) is 15.1. The van der Waals surface area contributed by atoms with Crippen LogP contribution in [-0.2, 0) is 76.2 Å². The van der Waals surface area contributed by atoms with Crippen LogP contribution in [0.5, 0.6) is 0 Å². The number of fused-ring (bicyclic) bond motifs is 5. The number of ether oxygens (including phenoxy) is 8. The number of hydrogen-bond donors (Lipinski definition) is 0. The highest BCUT2D eigenvalue weighted by molar-refractivity contribution is 7.87. The molecule has 9 aliphatic rings. The second-order valence-corrected chi connectivity index (χ2v) is 22.1. The van der Waals surface area contributed by atoms with Crippen LogP contribution in [0.3, 0.4) is 0 Å². The third kappa shape index (κ3) is 8.72. The van der Waals surface area contributed by atoms with Crippen LogP contribution in [0.2, 0.25) is 0 Å². The molecular weight excluding hydrogens is 817 g/mol. The second kappa shape index (κ2) is 16.9. The van der Waals surface area contributed by atoms with Crippen molar-refractivity contribution in [2.75, 3.05) is 0 Å². The fourth-order valence-electron chi connectivity index (χ4n) is 9.79. The highest BCUT2D eigenvalue weighted by Crippen LogP contribution is 2.56. The maximum absolute atomic E-state index is 12.3. The van der Waals surface area contributed by atoms with Crippen LogP contribution in [0.15, 0.2) is 0 Å². The smallest absolute Gasteiger partial charge is 0.350 e. The Morgan fingerprint density at radius 2 is 1.23 bits per heavy atom. The maximum atomic E-state index is 12.3. The Morgan fingerprint density at radius 3 is 1.84 bits per heavy atom. The zero-order chi connectivity index (χ0) is 44.4. The van der Waals surface area contributed by atoms with E-state index in [1.165, 1.54) is 6.42 Å². The zero-order valence-electron chi connectivity index (χ0n) is 37.1. The van der Waals surface area contributed by atoms with E-state index < -0.39 is 87.0 Å². The molecule has 5 saturated heterocycles. The lowest BCUT2D eigenvalue weighted by atomic mass is 9.89. The lowest BCUT2D eigenvalue weighted by Crippen LogP contribution is -2.41. The van der Waals surface area contributed by atoms with Crippen LogP contribution in [0.25, 0.3) is 0 Å². The Balaban J connectivity index is 0.000000141. The molecule has 16 nitrogen and oxygen atoms in total. The topological polar surface area (TPSA) is 203 Å². The molecule has 9 rings (SSSR count). The Labute approximate surface area is 359 Å². The predicted molar refractivity (Wildman–Crippen MR) is 213 cm³/mol. The minimum Gasteiger partial charge on any atom is -0.459 e. The number of carbonyl (C=O) groups excluding carboxylic acids is 5. The summed E-state index contributed by atoms with van der Waals surface area (Å²) in [7, 11) is -3.43. The Bertz CT molecular complexity index is 1820. The fourth-order valence-corrected chi connectivity index (χ4v) is 11.7. The molecule has 2 bridgehead atoms. The van der Waals surface area contributed by atoms with Gasteiger partial charge in [0.1, 0.15) is 24.4 Å². The molecular formula is C44H66O16S. The molecule has 1 spiro atoms. The average molecular weight is 883 g/mol. The van der Waals surface area contributed by atoms with Gasteiger partial charge < -0.3 is 37.9 Å². The van der Waals surface area contributed by atoms with E-state index in [1.54, 1.807) is 13.8 Å². The average Bonchev–Trinajstić information content (AvgIpc) is 4.10. The van der Waals surface area contributed by atoms with Crippen LogP contribution in [0.1, 0.15) is 146 Å². The van der Waals surface area contributed by atoms with Crippen LogP contribution >= 0.6 is 0 Å². The summed E-state index contributed by atoms with van der Waals surface area (Å²) >= 11 is 0. The summed E-state index contributed by atoms with van der Waals surface area (Å²) in [5.41, 5.74) is -1.72. The molecule has 4 aliphatic carbocycles. The first kappa shape index (κ1) is 46.1. The van der Waals surface area contributed by atoms with E-state index in [0.29, 0.717) is 25.7 Å². The van der Waals surface area contributed by atoms with Crippen molar-refractivity contribution in [1.29, 1.82) is 0 Å². The SMILES string of the molecule is CCC(C)(C)C(=O)OC1C(=O)OC2C3OC4(CCCCC4)OC3OC12.CCC(C)(C)C(=O)OC1C(=O)OC2CCCC21.CCC(C)(C)C(=O)OC1C2CC3C1OS(=O)(=O)C3C2. The highest BCUT2D eigenvalue weighted by Gasteiger charge is 2.67.